The number of nitrogens with one attached hydrogen (secondary N) is 1. The summed E-state index contributed by atoms with van der Waals surface area (Å²) in [5.41, 5.74) is -0.104. The highest BCUT2D eigenvalue weighted by molar-refractivity contribution is 5.30. The van der Waals surface area contributed by atoms with Crippen LogP contribution in [0.3, 0.4) is 0 Å². The summed E-state index contributed by atoms with van der Waals surface area (Å²) in [5, 5.41) is 11.5. The van der Waals surface area contributed by atoms with Crippen molar-refractivity contribution in [3.8, 4) is 0 Å². The number of aromatic nitrogens is 2. The Bertz CT molecular complexity index is 389. The maximum atomic E-state index is 5.69. The third kappa shape index (κ3) is 3.00. The van der Waals surface area contributed by atoms with E-state index in [0.29, 0.717) is 37.7 Å². The van der Waals surface area contributed by atoms with Crippen molar-refractivity contribution in [2.24, 2.45) is 0 Å². The maximum absolute atomic E-state index is 5.69. The highest BCUT2D eigenvalue weighted by Crippen LogP contribution is 2.25. The van der Waals surface area contributed by atoms with Crippen molar-refractivity contribution < 1.29 is 9.15 Å². The first-order chi connectivity index (χ1) is 8.49. The second kappa shape index (κ2) is 5.24. The molecule has 0 spiro atoms. The summed E-state index contributed by atoms with van der Waals surface area (Å²) in [6.07, 6.45) is 0. The fraction of sp³-hybridized carbons (Fsp3) is 0.833. The van der Waals surface area contributed by atoms with Gasteiger partial charge in [-0.25, -0.2) is 0 Å². The molecule has 0 unspecified atom stereocenters. The van der Waals surface area contributed by atoms with Crippen molar-refractivity contribution in [1.82, 2.24) is 15.5 Å². The summed E-state index contributed by atoms with van der Waals surface area (Å²) in [6, 6.07) is 0.990. The number of anilines is 1. The summed E-state index contributed by atoms with van der Waals surface area (Å²) < 4.78 is 11.2. The van der Waals surface area contributed by atoms with Crippen LogP contribution in [0.15, 0.2) is 4.42 Å². The van der Waals surface area contributed by atoms with Crippen LogP contribution < -0.4 is 10.2 Å². The van der Waals surface area contributed by atoms with E-state index < -0.39 is 0 Å². The molecule has 0 aliphatic carbocycles. The molecule has 0 saturated carbocycles. The van der Waals surface area contributed by atoms with Gasteiger partial charge in [0.1, 0.15) is 0 Å². The van der Waals surface area contributed by atoms with E-state index in [2.05, 4.69) is 48.1 Å². The van der Waals surface area contributed by atoms with E-state index in [1.165, 1.54) is 0 Å². The molecule has 0 aromatic carbocycles. The normalized spacial score (nSPS) is 19.5. The fourth-order valence-corrected chi connectivity index (χ4v) is 1.93. The molecule has 1 saturated heterocycles. The van der Waals surface area contributed by atoms with Gasteiger partial charge in [0.05, 0.1) is 25.3 Å². The molecule has 0 atom stereocenters. The molecule has 1 aliphatic rings. The average molecular weight is 254 g/mol. The van der Waals surface area contributed by atoms with Crippen LogP contribution in [0.5, 0.6) is 0 Å². The van der Waals surface area contributed by atoms with Gasteiger partial charge < -0.3 is 19.4 Å². The van der Waals surface area contributed by atoms with E-state index in [-0.39, 0.29) is 5.54 Å². The Labute approximate surface area is 108 Å². The molecular weight excluding hydrogens is 232 g/mol. The van der Waals surface area contributed by atoms with Crippen LogP contribution in [-0.2, 0) is 11.3 Å². The first-order valence-corrected chi connectivity index (χ1v) is 6.40. The first-order valence-electron chi connectivity index (χ1n) is 6.40. The van der Waals surface area contributed by atoms with Gasteiger partial charge in [0, 0.05) is 12.6 Å². The lowest BCUT2D eigenvalue weighted by Gasteiger charge is -2.40. The topological polar surface area (TPSA) is 63.4 Å². The number of hydrogen-bond donors (Lipinski definition) is 1. The van der Waals surface area contributed by atoms with E-state index in [4.69, 9.17) is 9.15 Å². The van der Waals surface area contributed by atoms with E-state index >= 15 is 0 Å². The Morgan fingerprint density at radius 2 is 2.17 bits per heavy atom. The van der Waals surface area contributed by atoms with Gasteiger partial charge in [0.2, 0.25) is 5.89 Å². The zero-order chi connectivity index (χ0) is 13.2. The summed E-state index contributed by atoms with van der Waals surface area (Å²) in [7, 11) is 0. The smallest absolute Gasteiger partial charge is 0.318 e. The molecule has 0 bridgehead atoms. The molecule has 1 aromatic heterocycles. The molecule has 6 nitrogen and oxygen atoms in total. The second-order valence-corrected chi connectivity index (χ2v) is 5.53. The van der Waals surface area contributed by atoms with E-state index in [9.17, 15) is 0 Å². The number of morpholine rings is 1. The number of ether oxygens (including phenoxy) is 1. The Morgan fingerprint density at radius 3 is 2.83 bits per heavy atom. The first kappa shape index (κ1) is 13.3. The molecule has 1 N–H and O–H groups in total. The van der Waals surface area contributed by atoms with Crippen molar-refractivity contribution >= 4 is 6.01 Å². The quantitative estimate of drug-likeness (QED) is 0.870. The van der Waals surface area contributed by atoms with Crippen LogP contribution in [0.25, 0.3) is 0 Å². The van der Waals surface area contributed by atoms with E-state index in [0.717, 1.165) is 6.54 Å². The summed E-state index contributed by atoms with van der Waals surface area (Å²) in [6.45, 7) is 11.2. The summed E-state index contributed by atoms with van der Waals surface area (Å²) in [5.74, 6) is 0.626. The van der Waals surface area contributed by atoms with Gasteiger partial charge in [-0.3, -0.25) is 0 Å². The third-order valence-electron chi connectivity index (χ3n) is 2.99. The lowest BCUT2D eigenvalue weighted by Crippen LogP contribution is -2.53. The zero-order valence-electron chi connectivity index (χ0n) is 11.6. The van der Waals surface area contributed by atoms with Crippen LogP contribution in [0.2, 0.25) is 0 Å². The molecule has 2 heterocycles. The minimum atomic E-state index is -0.104. The van der Waals surface area contributed by atoms with Gasteiger partial charge >= 0.3 is 6.01 Å². The monoisotopic (exact) mass is 254 g/mol. The van der Waals surface area contributed by atoms with Crippen molar-refractivity contribution in [1.29, 1.82) is 0 Å². The molecule has 18 heavy (non-hydrogen) atoms. The van der Waals surface area contributed by atoms with Crippen LogP contribution >= 0.6 is 0 Å². The Kier molecular flexibility index (Phi) is 3.87. The molecule has 2 rings (SSSR count). The Balaban J connectivity index is 2.04. The molecule has 0 radical (unpaired) electrons. The Hall–Kier alpha value is -1.14. The van der Waals surface area contributed by atoms with Crippen molar-refractivity contribution in [3.05, 3.63) is 5.89 Å². The fourth-order valence-electron chi connectivity index (χ4n) is 1.93. The van der Waals surface area contributed by atoms with Crippen LogP contribution in [-0.4, -0.2) is 41.5 Å². The molecule has 1 aliphatic heterocycles. The molecule has 102 valence electrons. The van der Waals surface area contributed by atoms with Crippen molar-refractivity contribution in [2.45, 2.75) is 45.8 Å². The van der Waals surface area contributed by atoms with E-state index in [1.54, 1.807) is 0 Å². The Morgan fingerprint density at radius 1 is 1.39 bits per heavy atom. The molecule has 1 aromatic rings. The minimum absolute atomic E-state index is 0.104. The number of rotatable bonds is 4. The highest BCUT2D eigenvalue weighted by atomic mass is 16.5. The molecule has 0 amide bonds. The summed E-state index contributed by atoms with van der Waals surface area (Å²) in [4.78, 5) is 2.11. The van der Waals surface area contributed by atoms with Gasteiger partial charge in [-0.05, 0) is 13.8 Å². The predicted molar refractivity (Wildman–Crippen MR) is 68.5 cm³/mol. The molecular formula is C12H22N4O2. The van der Waals surface area contributed by atoms with E-state index in [1.807, 2.05) is 0 Å². The zero-order valence-corrected chi connectivity index (χ0v) is 11.6. The number of hydrogen-bond acceptors (Lipinski definition) is 6. The van der Waals surface area contributed by atoms with Gasteiger partial charge in [-0.15, -0.1) is 5.10 Å². The lowest BCUT2D eigenvalue weighted by molar-refractivity contribution is 0.0610. The standard InChI is InChI=1S/C12H22N4O2/c1-9(2)13-7-10-14-15-11(18-10)16-5-6-17-8-12(16,3)4/h9,13H,5-8H2,1-4H3. The van der Waals surface area contributed by atoms with Crippen molar-refractivity contribution in [2.75, 3.05) is 24.7 Å². The SMILES string of the molecule is CC(C)NCc1nnc(N2CCOCC2(C)C)o1. The second-order valence-electron chi connectivity index (χ2n) is 5.53. The van der Waals surface area contributed by atoms with Crippen LogP contribution in [0, 0.1) is 0 Å². The minimum Gasteiger partial charge on any atom is -0.407 e. The summed E-state index contributed by atoms with van der Waals surface area (Å²) >= 11 is 0. The van der Waals surface area contributed by atoms with Gasteiger partial charge in [-0.1, -0.05) is 18.9 Å². The van der Waals surface area contributed by atoms with Crippen LogP contribution in [0.4, 0.5) is 6.01 Å². The lowest BCUT2D eigenvalue weighted by atomic mass is 10.0. The van der Waals surface area contributed by atoms with Gasteiger partial charge in [0.15, 0.2) is 0 Å². The molecule has 6 heteroatoms. The van der Waals surface area contributed by atoms with Crippen LogP contribution in [0.1, 0.15) is 33.6 Å². The number of nitrogens with zero attached hydrogens (tertiary/aromatic N) is 3. The van der Waals surface area contributed by atoms with Gasteiger partial charge in [0.25, 0.3) is 0 Å². The average Bonchev–Trinajstić information content (AvgIpc) is 2.74. The third-order valence-corrected chi connectivity index (χ3v) is 2.99. The predicted octanol–water partition coefficient (Wildman–Crippen LogP) is 1.18. The largest absolute Gasteiger partial charge is 0.407 e. The van der Waals surface area contributed by atoms with Crippen molar-refractivity contribution in [3.63, 3.8) is 0 Å². The molecule has 1 fully saturated rings. The van der Waals surface area contributed by atoms with Gasteiger partial charge in [-0.2, -0.15) is 0 Å². The maximum Gasteiger partial charge on any atom is 0.318 e. The highest BCUT2D eigenvalue weighted by Gasteiger charge is 2.33.